The van der Waals surface area contributed by atoms with E-state index in [9.17, 15) is 24.5 Å². The smallest absolute Gasteiger partial charge is 0.373 e. The first-order valence-electron chi connectivity index (χ1n) is 17.3. The second kappa shape index (κ2) is 30.0. The lowest BCUT2D eigenvalue weighted by molar-refractivity contribution is -0.903. The van der Waals surface area contributed by atoms with Gasteiger partial charge < -0.3 is 25.3 Å². The first-order chi connectivity index (χ1) is 20.4. The summed E-state index contributed by atoms with van der Waals surface area (Å²) < 4.78 is 11.4. The maximum absolute atomic E-state index is 11.6. The van der Waals surface area contributed by atoms with Crippen LogP contribution in [0.2, 0.25) is 0 Å². The Balaban J connectivity index is 0. The molecule has 8 nitrogen and oxygen atoms in total. The number of Topliss-reactive ketones (excluding diaryl/α,β-unsaturated/α-hetero) is 1. The van der Waals surface area contributed by atoms with E-state index in [4.69, 9.17) is 10.2 Å². The van der Waals surface area contributed by atoms with Crippen molar-refractivity contribution in [1.82, 2.24) is 0 Å². The number of nitrogens with zero attached hydrogens (tertiary/aromatic N) is 1. The fourth-order valence-corrected chi connectivity index (χ4v) is 6.15. The Labute approximate surface area is 265 Å². The predicted molar refractivity (Wildman–Crippen MR) is 177 cm³/mol. The first-order valence-corrected chi connectivity index (χ1v) is 18.5. The van der Waals surface area contributed by atoms with Gasteiger partial charge in [-0.15, -0.1) is 0 Å². The minimum atomic E-state index is -2.48. The van der Waals surface area contributed by atoms with Crippen LogP contribution in [0.5, 0.6) is 0 Å². The number of ketones is 1. The number of unbranched alkanes of at least 4 members (excludes halogenated alkanes) is 15. The van der Waals surface area contributed by atoms with E-state index in [0.717, 1.165) is 19.3 Å². The molecule has 0 aliphatic carbocycles. The van der Waals surface area contributed by atoms with Gasteiger partial charge in [-0.1, -0.05) is 108 Å². The van der Waals surface area contributed by atoms with Crippen LogP contribution in [0.25, 0.3) is 0 Å². The first kappa shape index (κ1) is 44.4. The van der Waals surface area contributed by atoms with Gasteiger partial charge in [0.15, 0.2) is 12.1 Å². The van der Waals surface area contributed by atoms with Crippen molar-refractivity contribution in [1.29, 1.82) is 0 Å². The third-order valence-corrected chi connectivity index (χ3v) is 9.40. The van der Waals surface area contributed by atoms with Gasteiger partial charge in [0, 0.05) is 19.3 Å². The summed E-state index contributed by atoms with van der Waals surface area (Å²) in [5.41, 5.74) is 0. The van der Waals surface area contributed by atoms with Crippen molar-refractivity contribution in [2.75, 3.05) is 20.6 Å². The highest BCUT2D eigenvalue weighted by molar-refractivity contribution is 7.37. The lowest BCUT2D eigenvalue weighted by atomic mass is 10.0. The molecule has 0 radical (unpaired) electrons. The van der Waals surface area contributed by atoms with Crippen molar-refractivity contribution < 1.29 is 39.2 Å². The summed E-state index contributed by atoms with van der Waals surface area (Å²) in [6, 6.07) is 0. The van der Waals surface area contributed by atoms with Crippen LogP contribution in [0, 0.1) is 0 Å². The molecule has 0 aliphatic rings. The summed E-state index contributed by atoms with van der Waals surface area (Å²) >= 11 is 0. The van der Waals surface area contributed by atoms with Crippen LogP contribution in [-0.2, 0) is 9.36 Å². The zero-order chi connectivity index (χ0) is 32.9. The van der Waals surface area contributed by atoms with Crippen LogP contribution in [-0.4, -0.2) is 75.6 Å². The molecule has 0 heterocycles. The van der Waals surface area contributed by atoms with Gasteiger partial charge >= 0.3 is 8.03 Å². The highest BCUT2D eigenvalue weighted by Crippen LogP contribution is 2.30. The van der Waals surface area contributed by atoms with E-state index in [0.29, 0.717) is 19.4 Å². The minimum absolute atomic E-state index is 0.191. The number of aliphatic hydroxyl groups excluding tert-OH is 3. The van der Waals surface area contributed by atoms with Crippen LogP contribution in [0.15, 0.2) is 12.2 Å². The molecule has 0 fully saturated rings. The lowest BCUT2D eigenvalue weighted by Gasteiger charge is -2.32. The molecule has 0 saturated heterocycles. The molecule has 0 aromatic carbocycles. The van der Waals surface area contributed by atoms with E-state index >= 15 is 0 Å². The van der Waals surface area contributed by atoms with Gasteiger partial charge in [0.1, 0.15) is 6.10 Å². The SMILES string of the molecule is CCCC([P+](=O)[O-])[N+](C)(C)CCC(O)O.CCCCCCCCC=CCCCCCCCCCCCC(=O)C(O)C(C)O. The molecule has 4 atom stereocenters. The molecule has 256 valence electrons. The van der Waals surface area contributed by atoms with E-state index < -0.39 is 32.3 Å². The number of hydrogen-bond acceptors (Lipinski definition) is 7. The highest BCUT2D eigenvalue weighted by Gasteiger charge is 2.37. The third-order valence-electron chi connectivity index (χ3n) is 8.03. The maximum atomic E-state index is 11.6. The average molecular weight is 635 g/mol. The Bertz CT molecular complexity index is 686. The molecule has 0 bridgehead atoms. The number of carbonyl (C=O) groups excluding carboxylic acids is 1. The van der Waals surface area contributed by atoms with Gasteiger partial charge in [-0.05, 0) is 45.4 Å². The monoisotopic (exact) mass is 634 g/mol. The summed E-state index contributed by atoms with van der Waals surface area (Å²) in [6.07, 6.45) is 24.9. The molecule has 4 unspecified atom stereocenters. The van der Waals surface area contributed by atoms with Crippen molar-refractivity contribution in [2.24, 2.45) is 0 Å². The normalized spacial score (nSPS) is 14.4. The minimum Gasteiger partial charge on any atom is -0.591 e. The maximum Gasteiger partial charge on any atom is 0.373 e. The van der Waals surface area contributed by atoms with E-state index in [1.807, 2.05) is 6.92 Å². The fraction of sp³-hybridized carbons (Fsp3) is 0.912. The lowest BCUT2D eigenvalue weighted by Crippen LogP contribution is -2.49. The van der Waals surface area contributed by atoms with Crippen LogP contribution >= 0.6 is 8.03 Å². The summed E-state index contributed by atoms with van der Waals surface area (Å²) in [7, 11) is 1.12. The van der Waals surface area contributed by atoms with Gasteiger partial charge in [0.2, 0.25) is 0 Å². The average Bonchev–Trinajstić information content (AvgIpc) is 2.95. The molecule has 9 heteroatoms. The third kappa shape index (κ3) is 28.5. The standard InChI is InChI=1S/C25H48O3.C9H21NO4P/c1-3-4-5-6-7-8-9-10-11-12-13-14-15-16-17-18-19-20-21-22-24(27)25(28)23(2)26;1-4-5-8(15(13)14)10(2,3)7-6-9(11)12/h10-11,23,25-26,28H,3-9,12-22H2,1-2H3;8-9,11-12H,4-7H2,1-3H3/q;+1. The van der Waals surface area contributed by atoms with E-state index in [2.05, 4.69) is 19.1 Å². The number of allylic oxidation sites excluding steroid dienone is 2. The van der Waals surface area contributed by atoms with Gasteiger partial charge in [0.05, 0.1) is 26.7 Å². The summed E-state index contributed by atoms with van der Waals surface area (Å²) in [4.78, 5) is 22.6. The van der Waals surface area contributed by atoms with Crippen LogP contribution in [0.3, 0.4) is 0 Å². The van der Waals surface area contributed by atoms with E-state index in [1.54, 1.807) is 14.1 Å². The van der Waals surface area contributed by atoms with Crippen LogP contribution in [0.4, 0.5) is 0 Å². The largest absolute Gasteiger partial charge is 0.591 e. The van der Waals surface area contributed by atoms with Crippen molar-refractivity contribution in [2.45, 2.75) is 180 Å². The van der Waals surface area contributed by atoms with Gasteiger partial charge in [0.25, 0.3) is 5.78 Å². The molecule has 0 saturated carbocycles. The van der Waals surface area contributed by atoms with Crippen molar-refractivity contribution in [3.05, 3.63) is 12.2 Å². The summed E-state index contributed by atoms with van der Waals surface area (Å²) in [5.74, 6) is -0.667. The highest BCUT2D eigenvalue weighted by atomic mass is 31.1. The number of rotatable bonds is 28. The molecular formula is C34H69NO7P+. The molecule has 0 rings (SSSR count). The molecular weight excluding hydrogens is 565 g/mol. The zero-order valence-corrected chi connectivity index (χ0v) is 29.3. The number of hydrogen-bond donors (Lipinski definition) is 4. The summed E-state index contributed by atoms with van der Waals surface area (Å²) in [6.45, 7) is 6.10. The molecule has 0 aromatic heterocycles. The Morgan fingerprint density at radius 1 is 0.721 bits per heavy atom. The molecule has 43 heavy (non-hydrogen) atoms. The van der Waals surface area contributed by atoms with Gasteiger partial charge in [-0.2, -0.15) is 0 Å². The number of aliphatic hydroxyl groups is 4. The van der Waals surface area contributed by atoms with Crippen LogP contribution in [0.1, 0.15) is 156 Å². The Hall–Kier alpha value is -0.730. The second-order valence-corrected chi connectivity index (χ2v) is 13.9. The Kier molecular flexibility index (Phi) is 30.9. The van der Waals surface area contributed by atoms with E-state index in [-0.39, 0.29) is 16.7 Å². The molecule has 0 aromatic rings. The van der Waals surface area contributed by atoms with Gasteiger partial charge in [-0.25, -0.2) is 0 Å². The topological polar surface area (TPSA) is 138 Å². The van der Waals surface area contributed by atoms with Crippen molar-refractivity contribution in [3.63, 3.8) is 0 Å². The van der Waals surface area contributed by atoms with E-state index in [1.165, 1.54) is 103 Å². The molecule has 0 aliphatic heterocycles. The zero-order valence-electron chi connectivity index (χ0n) is 28.4. The van der Waals surface area contributed by atoms with Gasteiger partial charge in [-0.3, -0.25) is 9.28 Å². The van der Waals surface area contributed by atoms with Crippen molar-refractivity contribution >= 4 is 13.8 Å². The van der Waals surface area contributed by atoms with Crippen molar-refractivity contribution in [3.8, 4) is 0 Å². The number of carbonyl (C=O) groups is 1. The number of quaternary nitrogens is 1. The second-order valence-electron chi connectivity index (χ2n) is 12.7. The Morgan fingerprint density at radius 2 is 1.16 bits per heavy atom. The summed E-state index contributed by atoms with van der Waals surface area (Å²) in [5, 5.41) is 36.1. The quantitative estimate of drug-likeness (QED) is 0.0242. The fourth-order valence-electron chi connectivity index (χ4n) is 5.06. The molecule has 0 amide bonds. The Morgan fingerprint density at radius 3 is 1.56 bits per heavy atom. The molecule has 0 spiro atoms. The predicted octanol–water partition coefficient (Wildman–Crippen LogP) is 6.89. The molecule has 4 N–H and O–H groups in total. The van der Waals surface area contributed by atoms with Crippen LogP contribution < -0.4 is 4.89 Å².